The van der Waals surface area contributed by atoms with Gasteiger partial charge in [0, 0.05) is 0 Å². The van der Waals surface area contributed by atoms with Crippen molar-refractivity contribution >= 4 is 5.82 Å². The molecule has 2 aromatic rings. The monoisotopic (exact) mass is 258 g/mol. The van der Waals surface area contributed by atoms with Gasteiger partial charge in [0.2, 0.25) is 5.88 Å². The molecule has 0 radical (unpaired) electrons. The highest BCUT2D eigenvalue weighted by Crippen LogP contribution is 2.26. The minimum atomic E-state index is 0.409. The number of nitrogen functional groups attached to an aromatic ring is 1. The fraction of sp³-hybridized carbons (Fsp3) is 0.286. The molecule has 0 spiro atoms. The molecule has 1 aromatic heterocycles. The molecule has 1 heterocycles. The van der Waals surface area contributed by atoms with Gasteiger partial charge in [-0.2, -0.15) is 4.98 Å². The van der Waals surface area contributed by atoms with E-state index in [1.165, 1.54) is 17.3 Å². The number of rotatable bonds is 4. The molecule has 3 N–H and O–H groups in total. The lowest BCUT2D eigenvalue weighted by atomic mass is 9.98. The Bertz CT molecular complexity index is 569. The van der Waals surface area contributed by atoms with Gasteiger partial charge in [-0.3, -0.25) is 4.98 Å². The molecule has 0 fully saturated rings. The molecule has 0 saturated heterocycles. The van der Waals surface area contributed by atoms with Gasteiger partial charge in [-0.1, -0.05) is 19.9 Å². The Balaban J connectivity index is 2.21. The largest absolute Gasteiger partial charge is 0.437 e. The van der Waals surface area contributed by atoms with Crippen LogP contribution in [-0.4, -0.2) is 9.97 Å². The van der Waals surface area contributed by atoms with Crippen molar-refractivity contribution in [2.45, 2.75) is 26.7 Å². The first-order chi connectivity index (χ1) is 9.10. The molecule has 0 unspecified atom stereocenters. The zero-order valence-corrected chi connectivity index (χ0v) is 11.3. The molecule has 0 aliphatic rings. The number of hydrazine groups is 1. The maximum Gasteiger partial charge on any atom is 0.239 e. The number of ether oxygens (including phenoxy) is 1. The number of aryl methyl sites for hydroxylation is 1. The Morgan fingerprint density at radius 3 is 2.68 bits per heavy atom. The molecule has 0 saturated carbocycles. The SMILES string of the molecule is Cc1cc(Oc2cncc(NN)n2)ccc1C(C)C. The van der Waals surface area contributed by atoms with Crippen LogP contribution in [0, 0.1) is 6.92 Å². The number of benzene rings is 1. The van der Waals surface area contributed by atoms with Crippen LogP contribution < -0.4 is 16.0 Å². The molecule has 0 atom stereocenters. The predicted molar refractivity (Wildman–Crippen MR) is 75.2 cm³/mol. The van der Waals surface area contributed by atoms with Crippen molar-refractivity contribution in [1.82, 2.24) is 9.97 Å². The van der Waals surface area contributed by atoms with Gasteiger partial charge < -0.3 is 10.2 Å². The Kier molecular flexibility index (Phi) is 3.97. The molecular formula is C14H18N4O. The number of hydrogen-bond acceptors (Lipinski definition) is 5. The second-order valence-electron chi connectivity index (χ2n) is 4.66. The predicted octanol–water partition coefficient (Wildman–Crippen LogP) is 2.99. The minimum absolute atomic E-state index is 0.409. The molecular weight excluding hydrogens is 240 g/mol. The van der Waals surface area contributed by atoms with Crippen molar-refractivity contribution in [1.29, 1.82) is 0 Å². The van der Waals surface area contributed by atoms with Gasteiger partial charge in [0.05, 0.1) is 12.4 Å². The lowest BCUT2D eigenvalue weighted by molar-refractivity contribution is 0.460. The van der Waals surface area contributed by atoms with Gasteiger partial charge in [-0.05, 0) is 36.1 Å². The van der Waals surface area contributed by atoms with Crippen molar-refractivity contribution < 1.29 is 4.74 Å². The number of anilines is 1. The summed E-state index contributed by atoms with van der Waals surface area (Å²) in [5.41, 5.74) is 4.95. The standard InChI is InChI=1S/C14H18N4O/c1-9(2)12-5-4-11(6-10(12)3)19-14-8-16-7-13(17-14)18-15/h4-9H,15H2,1-3H3,(H,17,18). The highest BCUT2D eigenvalue weighted by molar-refractivity contribution is 5.39. The third-order valence-electron chi connectivity index (χ3n) is 2.85. The van der Waals surface area contributed by atoms with Crippen molar-refractivity contribution in [3.63, 3.8) is 0 Å². The summed E-state index contributed by atoms with van der Waals surface area (Å²) in [6, 6.07) is 6.01. The number of hydrogen-bond donors (Lipinski definition) is 2. The maximum atomic E-state index is 5.67. The quantitative estimate of drug-likeness (QED) is 0.651. The van der Waals surface area contributed by atoms with Crippen LogP contribution in [0.15, 0.2) is 30.6 Å². The van der Waals surface area contributed by atoms with Crippen molar-refractivity contribution in [2.24, 2.45) is 5.84 Å². The third kappa shape index (κ3) is 3.20. The second kappa shape index (κ2) is 5.67. The van der Waals surface area contributed by atoms with E-state index in [1.54, 1.807) is 6.20 Å². The summed E-state index contributed by atoms with van der Waals surface area (Å²) in [6.07, 6.45) is 3.08. The molecule has 0 bridgehead atoms. The van der Waals surface area contributed by atoms with E-state index in [-0.39, 0.29) is 0 Å². The molecule has 5 nitrogen and oxygen atoms in total. The van der Waals surface area contributed by atoms with Crippen LogP contribution in [0.1, 0.15) is 30.9 Å². The van der Waals surface area contributed by atoms with Crippen LogP contribution in [0.3, 0.4) is 0 Å². The van der Waals surface area contributed by atoms with Crippen LogP contribution in [0.2, 0.25) is 0 Å². The van der Waals surface area contributed by atoms with E-state index in [2.05, 4.69) is 42.2 Å². The maximum absolute atomic E-state index is 5.67. The first kappa shape index (κ1) is 13.3. The summed E-state index contributed by atoms with van der Waals surface area (Å²) in [6.45, 7) is 6.42. The van der Waals surface area contributed by atoms with Gasteiger partial charge >= 0.3 is 0 Å². The molecule has 0 aliphatic carbocycles. The van der Waals surface area contributed by atoms with E-state index >= 15 is 0 Å². The zero-order valence-electron chi connectivity index (χ0n) is 11.3. The van der Waals surface area contributed by atoms with E-state index in [0.717, 1.165) is 5.75 Å². The van der Waals surface area contributed by atoms with Crippen molar-refractivity contribution in [3.05, 3.63) is 41.7 Å². The third-order valence-corrected chi connectivity index (χ3v) is 2.85. The van der Waals surface area contributed by atoms with Crippen molar-refractivity contribution in [2.75, 3.05) is 5.43 Å². The molecule has 0 aliphatic heterocycles. The Morgan fingerprint density at radius 1 is 1.26 bits per heavy atom. The highest BCUT2D eigenvalue weighted by atomic mass is 16.5. The molecule has 0 amide bonds. The number of nitrogens with two attached hydrogens (primary N) is 1. The average molecular weight is 258 g/mol. The van der Waals surface area contributed by atoms with Crippen LogP contribution in [0.5, 0.6) is 11.6 Å². The van der Waals surface area contributed by atoms with Crippen LogP contribution >= 0.6 is 0 Å². The topological polar surface area (TPSA) is 73.1 Å². The van der Waals surface area contributed by atoms with Gasteiger partial charge in [-0.25, -0.2) is 5.84 Å². The molecule has 5 heteroatoms. The summed E-state index contributed by atoms with van der Waals surface area (Å²) in [5.74, 6) is 7.40. The van der Waals surface area contributed by atoms with Gasteiger partial charge in [0.25, 0.3) is 0 Å². The lowest BCUT2D eigenvalue weighted by Crippen LogP contribution is -2.09. The fourth-order valence-electron chi connectivity index (χ4n) is 1.95. The van der Waals surface area contributed by atoms with Gasteiger partial charge in [-0.15, -0.1) is 0 Å². The Labute approximate surface area is 112 Å². The lowest BCUT2D eigenvalue weighted by Gasteiger charge is -2.12. The molecule has 2 rings (SSSR count). The summed E-state index contributed by atoms with van der Waals surface area (Å²) in [5, 5.41) is 0. The number of aromatic nitrogens is 2. The van der Waals surface area contributed by atoms with Gasteiger partial charge in [0.15, 0.2) is 5.82 Å². The first-order valence-corrected chi connectivity index (χ1v) is 6.17. The van der Waals surface area contributed by atoms with Gasteiger partial charge in [0.1, 0.15) is 5.75 Å². The van der Waals surface area contributed by atoms with Crippen LogP contribution in [0.25, 0.3) is 0 Å². The van der Waals surface area contributed by atoms with E-state index in [4.69, 9.17) is 10.6 Å². The zero-order chi connectivity index (χ0) is 13.8. The van der Waals surface area contributed by atoms with Crippen molar-refractivity contribution in [3.8, 4) is 11.6 Å². The summed E-state index contributed by atoms with van der Waals surface area (Å²) < 4.78 is 5.67. The summed E-state index contributed by atoms with van der Waals surface area (Å²) >= 11 is 0. The average Bonchev–Trinajstić information content (AvgIpc) is 2.38. The number of nitrogens with one attached hydrogen (secondary N) is 1. The molecule has 1 aromatic carbocycles. The van der Waals surface area contributed by atoms with Crippen LogP contribution in [-0.2, 0) is 0 Å². The smallest absolute Gasteiger partial charge is 0.239 e. The van der Waals surface area contributed by atoms with E-state index in [1.807, 2.05) is 12.1 Å². The Hall–Kier alpha value is -2.14. The number of nitrogens with zero attached hydrogens (tertiary/aromatic N) is 2. The summed E-state index contributed by atoms with van der Waals surface area (Å²) in [7, 11) is 0. The van der Waals surface area contributed by atoms with E-state index in [0.29, 0.717) is 17.6 Å². The highest BCUT2D eigenvalue weighted by Gasteiger charge is 2.06. The Morgan fingerprint density at radius 2 is 2.05 bits per heavy atom. The molecule has 100 valence electrons. The minimum Gasteiger partial charge on any atom is -0.437 e. The fourth-order valence-corrected chi connectivity index (χ4v) is 1.95. The summed E-state index contributed by atoms with van der Waals surface area (Å²) in [4.78, 5) is 8.14. The second-order valence-corrected chi connectivity index (χ2v) is 4.66. The van der Waals surface area contributed by atoms with Crippen LogP contribution in [0.4, 0.5) is 5.82 Å². The van der Waals surface area contributed by atoms with E-state index < -0.39 is 0 Å². The van der Waals surface area contributed by atoms with E-state index in [9.17, 15) is 0 Å². The first-order valence-electron chi connectivity index (χ1n) is 6.17. The normalized spacial score (nSPS) is 10.6. The molecule has 19 heavy (non-hydrogen) atoms.